The van der Waals surface area contributed by atoms with Gasteiger partial charge in [-0.25, -0.2) is 0 Å². The number of aryl methyl sites for hydroxylation is 1. The lowest BCUT2D eigenvalue weighted by molar-refractivity contribution is 0.0893. The van der Waals surface area contributed by atoms with Crippen molar-refractivity contribution in [2.75, 3.05) is 6.61 Å². The fourth-order valence-corrected chi connectivity index (χ4v) is 1.72. The molecule has 18 heavy (non-hydrogen) atoms. The van der Waals surface area contributed by atoms with Gasteiger partial charge in [0.25, 0.3) is 5.91 Å². The topological polar surface area (TPSA) is 75.4 Å². The van der Waals surface area contributed by atoms with Crippen molar-refractivity contribution in [3.63, 3.8) is 0 Å². The van der Waals surface area contributed by atoms with E-state index in [-0.39, 0.29) is 30.4 Å². The molecule has 1 atom stereocenters. The van der Waals surface area contributed by atoms with Crippen molar-refractivity contribution in [3.8, 4) is 0 Å². The number of carbonyl (C=O) groups is 1. The minimum Gasteiger partial charge on any atom is -0.394 e. The van der Waals surface area contributed by atoms with Gasteiger partial charge in [0.05, 0.1) is 18.3 Å². The molecule has 0 saturated heterocycles. The van der Waals surface area contributed by atoms with Gasteiger partial charge in [-0.2, -0.15) is 0 Å². The second kappa shape index (κ2) is 6.00. The summed E-state index contributed by atoms with van der Waals surface area (Å²) >= 11 is 0. The van der Waals surface area contributed by atoms with Crippen LogP contribution in [0.15, 0.2) is 4.52 Å². The normalized spacial score (nSPS) is 13.1. The number of carbonyl (C=O) groups excluding carboxylic acids is 1. The van der Waals surface area contributed by atoms with E-state index in [0.29, 0.717) is 17.0 Å². The maximum Gasteiger partial charge on any atom is 0.257 e. The number of aliphatic hydroxyl groups excluding tert-OH is 1. The smallest absolute Gasteiger partial charge is 0.257 e. The monoisotopic (exact) mass is 254 g/mol. The molecule has 1 unspecified atom stereocenters. The van der Waals surface area contributed by atoms with Crippen molar-refractivity contribution in [2.45, 2.75) is 46.6 Å². The van der Waals surface area contributed by atoms with Crippen LogP contribution in [-0.2, 0) is 0 Å². The highest BCUT2D eigenvalue weighted by Gasteiger charge is 2.25. The van der Waals surface area contributed by atoms with E-state index in [4.69, 9.17) is 4.52 Å². The van der Waals surface area contributed by atoms with Gasteiger partial charge in [0.1, 0.15) is 5.56 Å². The van der Waals surface area contributed by atoms with Crippen LogP contribution in [0.2, 0.25) is 0 Å². The van der Waals surface area contributed by atoms with E-state index in [1.807, 2.05) is 27.7 Å². The van der Waals surface area contributed by atoms with Crippen LogP contribution in [0.3, 0.4) is 0 Å². The van der Waals surface area contributed by atoms with E-state index in [9.17, 15) is 9.90 Å². The standard InChI is InChI=1S/C13H22N2O3/c1-7(2)10(6-16)14-13(17)11-9(5)15-18-12(11)8(3)4/h7-8,10,16H,6H2,1-5H3,(H,14,17). The van der Waals surface area contributed by atoms with Gasteiger partial charge in [-0.05, 0) is 12.8 Å². The van der Waals surface area contributed by atoms with Gasteiger partial charge in [0.15, 0.2) is 5.76 Å². The molecule has 1 aromatic heterocycles. The van der Waals surface area contributed by atoms with Gasteiger partial charge in [-0.1, -0.05) is 32.9 Å². The highest BCUT2D eigenvalue weighted by molar-refractivity contribution is 5.96. The average Bonchev–Trinajstić information content (AvgIpc) is 2.67. The van der Waals surface area contributed by atoms with Crippen molar-refractivity contribution in [1.29, 1.82) is 0 Å². The molecule has 0 aromatic carbocycles. The van der Waals surface area contributed by atoms with Crippen molar-refractivity contribution in [3.05, 3.63) is 17.0 Å². The molecule has 0 aliphatic heterocycles. The van der Waals surface area contributed by atoms with E-state index < -0.39 is 0 Å². The Kier molecular flexibility index (Phi) is 4.90. The molecule has 5 nitrogen and oxygen atoms in total. The van der Waals surface area contributed by atoms with Crippen LogP contribution in [0.1, 0.15) is 55.4 Å². The molecule has 0 aliphatic carbocycles. The van der Waals surface area contributed by atoms with E-state index in [0.717, 1.165) is 0 Å². The van der Waals surface area contributed by atoms with Gasteiger partial charge >= 0.3 is 0 Å². The van der Waals surface area contributed by atoms with Crippen molar-refractivity contribution in [1.82, 2.24) is 10.5 Å². The van der Waals surface area contributed by atoms with Crippen LogP contribution in [0, 0.1) is 12.8 Å². The molecular formula is C13H22N2O3. The first kappa shape index (κ1) is 14.7. The van der Waals surface area contributed by atoms with Crippen molar-refractivity contribution in [2.24, 2.45) is 5.92 Å². The minimum absolute atomic E-state index is 0.0786. The second-order valence-corrected chi connectivity index (χ2v) is 5.17. The largest absolute Gasteiger partial charge is 0.394 e. The Hall–Kier alpha value is -1.36. The van der Waals surface area contributed by atoms with Gasteiger partial charge in [0, 0.05) is 5.92 Å². The third-order valence-electron chi connectivity index (χ3n) is 2.96. The second-order valence-electron chi connectivity index (χ2n) is 5.17. The first-order chi connectivity index (χ1) is 8.38. The number of amides is 1. The zero-order chi connectivity index (χ0) is 13.9. The van der Waals surface area contributed by atoms with Crippen LogP contribution < -0.4 is 5.32 Å². The number of aromatic nitrogens is 1. The lowest BCUT2D eigenvalue weighted by Gasteiger charge is -2.20. The molecule has 0 fully saturated rings. The quantitative estimate of drug-likeness (QED) is 0.841. The minimum atomic E-state index is -0.258. The molecule has 2 N–H and O–H groups in total. The zero-order valence-electron chi connectivity index (χ0n) is 11.7. The van der Waals surface area contributed by atoms with E-state index >= 15 is 0 Å². The van der Waals surface area contributed by atoms with Gasteiger partial charge in [0.2, 0.25) is 0 Å². The van der Waals surface area contributed by atoms with Crippen LogP contribution in [0.5, 0.6) is 0 Å². The van der Waals surface area contributed by atoms with Crippen molar-refractivity contribution < 1.29 is 14.4 Å². The predicted molar refractivity (Wildman–Crippen MR) is 68.5 cm³/mol. The fraction of sp³-hybridized carbons (Fsp3) is 0.692. The predicted octanol–water partition coefficient (Wildman–Crippen LogP) is 1.85. The lowest BCUT2D eigenvalue weighted by atomic mass is 10.0. The summed E-state index contributed by atoms with van der Waals surface area (Å²) in [6, 6.07) is -0.258. The number of nitrogens with zero attached hydrogens (tertiary/aromatic N) is 1. The highest BCUT2D eigenvalue weighted by Crippen LogP contribution is 2.22. The molecule has 0 spiro atoms. The molecule has 0 bridgehead atoms. The zero-order valence-corrected chi connectivity index (χ0v) is 11.7. The summed E-state index contributed by atoms with van der Waals surface area (Å²) in [6.45, 7) is 9.46. The summed E-state index contributed by atoms with van der Waals surface area (Å²) in [5.74, 6) is 0.621. The van der Waals surface area contributed by atoms with Crippen molar-refractivity contribution >= 4 is 5.91 Å². The summed E-state index contributed by atoms with van der Waals surface area (Å²) in [5, 5.41) is 15.9. The molecule has 1 rings (SSSR count). The Labute approximate surface area is 108 Å². The van der Waals surface area contributed by atoms with E-state index in [1.165, 1.54) is 0 Å². The number of nitrogens with one attached hydrogen (secondary N) is 1. The third kappa shape index (κ3) is 3.10. The van der Waals surface area contributed by atoms with E-state index in [1.54, 1.807) is 6.92 Å². The molecular weight excluding hydrogens is 232 g/mol. The Morgan fingerprint density at radius 1 is 1.39 bits per heavy atom. The van der Waals surface area contributed by atoms with Crippen LogP contribution in [0.25, 0.3) is 0 Å². The first-order valence-corrected chi connectivity index (χ1v) is 6.26. The summed E-state index contributed by atoms with van der Waals surface area (Å²) in [4.78, 5) is 12.2. The van der Waals surface area contributed by atoms with Crippen LogP contribution in [-0.4, -0.2) is 28.8 Å². The summed E-state index contributed by atoms with van der Waals surface area (Å²) in [5.41, 5.74) is 1.07. The average molecular weight is 254 g/mol. The Balaban J connectivity index is 2.93. The summed E-state index contributed by atoms with van der Waals surface area (Å²) < 4.78 is 5.18. The Morgan fingerprint density at radius 3 is 2.44 bits per heavy atom. The molecule has 0 saturated carbocycles. The number of aliphatic hydroxyl groups is 1. The highest BCUT2D eigenvalue weighted by atomic mass is 16.5. The molecule has 1 heterocycles. The summed E-state index contributed by atoms with van der Waals surface area (Å²) in [6.07, 6.45) is 0. The van der Waals surface area contributed by atoms with Gasteiger partial charge in [-0.15, -0.1) is 0 Å². The maximum absolute atomic E-state index is 12.2. The van der Waals surface area contributed by atoms with Gasteiger partial charge < -0.3 is 14.9 Å². The third-order valence-corrected chi connectivity index (χ3v) is 2.96. The molecule has 1 aromatic rings. The van der Waals surface area contributed by atoms with E-state index in [2.05, 4.69) is 10.5 Å². The van der Waals surface area contributed by atoms with Gasteiger partial charge in [-0.3, -0.25) is 4.79 Å². The maximum atomic E-state index is 12.2. The molecule has 102 valence electrons. The molecule has 1 amide bonds. The lowest BCUT2D eigenvalue weighted by Crippen LogP contribution is -2.41. The Morgan fingerprint density at radius 2 is 2.00 bits per heavy atom. The fourth-order valence-electron chi connectivity index (χ4n) is 1.72. The van der Waals surface area contributed by atoms with Crippen LogP contribution >= 0.6 is 0 Å². The van der Waals surface area contributed by atoms with Crippen LogP contribution in [0.4, 0.5) is 0 Å². The number of rotatable bonds is 5. The Bertz CT molecular complexity index is 410. The first-order valence-electron chi connectivity index (χ1n) is 6.26. The SMILES string of the molecule is Cc1noc(C(C)C)c1C(=O)NC(CO)C(C)C. The molecule has 5 heteroatoms. The molecule has 0 radical (unpaired) electrons. The summed E-state index contributed by atoms with van der Waals surface area (Å²) in [7, 11) is 0. The molecule has 0 aliphatic rings. The number of hydrogen-bond donors (Lipinski definition) is 2. The number of hydrogen-bond acceptors (Lipinski definition) is 4.